The molecule has 0 aliphatic carbocycles. The Balaban J connectivity index is 0.000000143. The van der Waals surface area contributed by atoms with Gasteiger partial charge >= 0.3 is 6.18 Å². The number of alkyl halides is 3. The van der Waals surface area contributed by atoms with E-state index in [1.165, 1.54) is 43.3 Å². The number of carbonyl (C=O) groups is 5. The standard InChI is InChI=1S/C28H26F3N7O2.C28H31N7O2.C27H25F2N7O2/c1-2-22(39)37-11-5-10-21(15-37)38-26-23(25(32)34-16-35-26)24(36-38)18-7-3-6-17(12-18)14-33-27(40)19-8-4-9-20(13-19)28(29,30)31;1-18-5-2-3-7-23(18)28(36)30-13-19-8-10-20(11-9-19)25-24-26(29)31-17-32-27(24)35(33-25)21-6-4-12-34(14-21)15-22-16-37-22;1-2-22(37)35-10-4-7-19(14-35)36-26-23(25(30)32-15-33-26)24(34-36)17-6-3-5-16(11-17)13-31-27(38)20-12-18(28)8-9-21(20)29/h2-4,6-9,12-13,16,21H,1,5,10-11,14-15H2,(H,33,40)(H2,32,34,35);2-3,5,7-11,17,21-22H,4,6,12-16H2,1H3,(H,30,36)(H2,29,31,32);2-3,5-6,8-9,11-12,15,19H,1,4,7,10,13-14H2,(H,31,38)(H2,30,32,33)/t;21?,22-;/m.1./s1. The van der Waals surface area contributed by atoms with E-state index >= 15 is 0 Å². The van der Waals surface area contributed by atoms with Crippen molar-refractivity contribution in [3.8, 4) is 33.8 Å². The van der Waals surface area contributed by atoms with E-state index in [0.717, 1.165) is 129 Å². The average Bonchev–Trinajstić information content (AvgIpc) is 1.63. The number of anilines is 3. The Morgan fingerprint density at radius 1 is 0.513 bits per heavy atom. The molecule has 0 bridgehead atoms. The van der Waals surface area contributed by atoms with Gasteiger partial charge in [0.2, 0.25) is 11.8 Å². The summed E-state index contributed by atoms with van der Waals surface area (Å²) in [5.74, 6) is -2.25. The fourth-order valence-corrected chi connectivity index (χ4v) is 14.8. The summed E-state index contributed by atoms with van der Waals surface area (Å²) >= 11 is 0. The van der Waals surface area contributed by atoms with Gasteiger partial charge in [0.1, 0.15) is 65.2 Å². The van der Waals surface area contributed by atoms with Crippen molar-refractivity contribution in [2.75, 3.05) is 69.6 Å². The van der Waals surface area contributed by atoms with Crippen molar-refractivity contribution in [2.45, 2.75) is 95.5 Å². The highest BCUT2D eigenvalue weighted by atomic mass is 19.4. The summed E-state index contributed by atoms with van der Waals surface area (Å²) in [5.41, 5.74) is 27.7. The number of ether oxygens (including phenoxy) is 1. The number of nitrogens with two attached hydrogens (primary N) is 3. The van der Waals surface area contributed by atoms with Gasteiger partial charge in [0, 0.05) is 86.7 Å². The Bertz CT molecular complexity index is 5670. The molecular formula is C83H82F5N21O6. The Labute approximate surface area is 656 Å². The summed E-state index contributed by atoms with van der Waals surface area (Å²) in [6.45, 7) is 15.8. The van der Waals surface area contributed by atoms with E-state index in [9.17, 15) is 45.9 Å². The maximum atomic E-state index is 14.0. The number of aromatic nitrogens is 12. The van der Waals surface area contributed by atoms with Crippen LogP contribution in [0.15, 0.2) is 184 Å². The molecule has 0 saturated carbocycles. The van der Waals surface area contributed by atoms with E-state index in [4.69, 9.17) is 37.2 Å². The lowest BCUT2D eigenvalue weighted by atomic mass is 10.1. The Kier molecular flexibility index (Phi) is 23.5. The van der Waals surface area contributed by atoms with Crippen LogP contribution in [0.2, 0.25) is 0 Å². The molecule has 16 rings (SSSR count). The van der Waals surface area contributed by atoms with Crippen LogP contribution in [0.25, 0.3) is 66.9 Å². The molecule has 4 atom stereocenters. The van der Waals surface area contributed by atoms with E-state index in [2.05, 4.69) is 63.9 Å². The second-order valence-electron chi connectivity index (χ2n) is 28.5. The topological polar surface area (TPSA) is 353 Å². The van der Waals surface area contributed by atoms with Crippen LogP contribution >= 0.6 is 0 Å². The molecule has 9 N–H and O–H groups in total. The zero-order chi connectivity index (χ0) is 80.6. The molecule has 4 aliphatic heterocycles. The van der Waals surface area contributed by atoms with Crippen LogP contribution in [0.1, 0.15) is 116 Å². The largest absolute Gasteiger partial charge is 0.416 e. The van der Waals surface area contributed by atoms with Gasteiger partial charge < -0.3 is 47.7 Å². The molecule has 5 amide bonds. The SMILES string of the molecule is C=CC(=O)N1CCCC(n2nc(-c3cccc(CNC(=O)c4cc(F)ccc4F)c3)c3c(N)ncnc32)C1.C=CC(=O)N1CCCC(n2nc(-c3cccc(CNC(=O)c4cccc(C(F)(F)F)c4)c3)c3c(N)ncnc32)C1.Cc1ccccc1C(=O)NCc1ccc(-c2nn(C3CCCN(C[C@@H]4CO4)C3)c3ncnc(N)c23)cc1. The van der Waals surface area contributed by atoms with Crippen LogP contribution in [-0.4, -0.2) is 162 Å². The number of fused-ring (bicyclic) bond motifs is 3. The van der Waals surface area contributed by atoms with Crippen LogP contribution in [0.3, 0.4) is 0 Å². The summed E-state index contributed by atoms with van der Waals surface area (Å²) in [6, 6.07) is 37.1. The third-order valence-corrected chi connectivity index (χ3v) is 20.7. The van der Waals surface area contributed by atoms with Crippen molar-refractivity contribution in [1.82, 2.24) is 89.9 Å². The normalized spacial score (nSPS) is 16.9. The van der Waals surface area contributed by atoms with Crippen molar-refractivity contribution in [2.24, 2.45) is 0 Å². The predicted molar refractivity (Wildman–Crippen MR) is 423 cm³/mol. The molecule has 6 aromatic carbocycles. The van der Waals surface area contributed by atoms with Crippen LogP contribution in [-0.2, 0) is 40.1 Å². The number of epoxide rings is 1. The summed E-state index contributed by atoms with van der Waals surface area (Å²) in [6.07, 6.45) is 8.06. The maximum absolute atomic E-state index is 14.0. The molecule has 32 heteroatoms. The van der Waals surface area contributed by atoms with Gasteiger partial charge in [0.25, 0.3) is 17.7 Å². The Morgan fingerprint density at radius 3 is 1.49 bits per heavy atom. The number of likely N-dealkylation sites (tertiary alicyclic amines) is 3. The molecule has 0 radical (unpaired) electrons. The molecular weight excluding hydrogens is 1480 g/mol. The first-order valence-corrected chi connectivity index (χ1v) is 37.5. The van der Waals surface area contributed by atoms with Gasteiger partial charge in [-0.3, -0.25) is 28.9 Å². The average molecular weight is 1560 g/mol. The van der Waals surface area contributed by atoms with Gasteiger partial charge in [-0.15, -0.1) is 0 Å². The van der Waals surface area contributed by atoms with Gasteiger partial charge in [-0.2, -0.15) is 28.5 Å². The quantitative estimate of drug-likeness (QED) is 0.0249. The lowest BCUT2D eigenvalue weighted by molar-refractivity contribution is -0.137. The van der Waals surface area contributed by atoms with Crippen LogP contribution < -0.4 is 33.2 Å². The number of aryl methyl sites for hydroxylation is 1. The molecule has 12 aromatic rings. The first kappa shape index (κ1) is 78.5. The van der Waals surface area contributed by atoms with Crippen molar-refractivity contribution < 1.29 is 50.7 Å². The number of hydrogen-bond donors (Lipinski definition) is 6. The highest BCUT2D eigenvalue weighted by Gasteiger charge is 2.35. The number of benzene rings is 6. The molecule has 4 fully saturated rings. The highest BCUT2D eigenvalue weighted by molar-refractivity contribution is 6.01. The number of carbonyl (C=O) groups excluding carboxylic acids is 5. The molecule has 6 aromatic heterocycles. The first-order valence-electron chi connectivity index (χ1n) is 37.5. The zero-order valence-electron chi connectivity index (χ0n) is 62.7. The van der Waals surface area contributed by atoms with Crippen LogP contribution in [0.5, 0.6) is 0 Å². The van der Waals surface area contributed by atoms with Crippen molar-refractivity contribution in [3.05, 3.63) is 240 Å². The lowest BCUT2D eigenvalue weighted by Crippen LogP contribution is -2.40. The van der Waals surface area contributed by atoms with Gasteiger partial charge in [-0.1, -0.05) is 98.1 Å². The zero-order valence-corrected chi connectivity index (χ0v) is 62.7. The fraction of sp³-hybridized carbons (Fsp3) is 0.277. The van der Waals surface area contributed by atoms with E-state index in [1.54, 1.807) is 43.4 Å². The van der Waals surface area contributed by atoms with E-state index < -0.39 is 35.2 Å². The van der Waals surface area contributed by atoms with Crippen molar-refractivity contribution >= 4 is 80.1 Å². The smallest absolute Gasteiger partial charge is 0.383 e. The minimum atomic E-state index is -4.54. The highest BCUT2D eigenvalue weighted by Crippen LogP contribution is 2.39. The molecule has 3 unspecified atom stereocenters. The monoisotopic (exact) mass is 1560 g/mol. The Morgan fingerprint density at radius 2 is 0.983 bits per heavy atom. The van der Waals surface area contributed by atoms with Crippen molar-refractivity contribution in [3.63, 3.8) is 0 Å². The number of nitrogen functional groups attached to an aromatic ring is 3. The number of hydrogen-bond acceptors (Lipinski definition) is 19. The molecule has 27 nitrogen and oxygen atoms in total. The number of halogens is 5. The van der Waals surface area contributed by atoms with E-state index in [-0.39, 0.29) is 71.7 Å². The number of amides is 5. The molecule has 0 spiro atoms. The second kappa shape index (κ2) is 34.4. The number of rotatable bonds is 19. The third kappa shape index (κ3) is 17.8. The molecule has 4 saturated heterocycles. The predicted octanol–water partition coefficient (Wildman–Crippen LogP) is 11.4. The first-order chi connectivity index (χ1) is 55.6. The maximum Gasteiger partial charge on any atom is 0.416 e. The van der Waals surface area contributed by atoms with Gasteiger partial charge in [-0.05, 0) is 141 Å². The van der Waals surface area contributed by atoms with E-state index in [1.807, 2.05) is 84.4 Å². The summed E-state index contributed by atoms with van der Waals surface area (Å²) < 4.78 is 77.6. The molecule has 10 heterocycles. The molecule has 590 valence electrons. The summed E-state index contributed by atoms with van der Waals surface area (Å²) in [7, 11) is 0. The van der Waals surface area contributed by atoms with Crippen LogP contribution in [0, 0.1) is 18.6 Å². The summed E-state index contributed by atoms with van der Waals surface area (Å²) in [5, 5.41) is 25.0. The minimum absolute atomic E-state index is 0.0772. The summed E-state index contributed by atoms with van der Waals surface area (Å²) in [4.78, 5) is 94.0. The number of piperidine rings is 3. The minimum Gasteiger partial charge on any atom is -0.383 e. The van der Waals surface area contributed by atoms with Crippen LogP contribution in [0.4, 0.5) is 39.4 Å². The van der Waals surface area contributed by atoms with Crippen molar-refractivity contribution in [1.29, 1.82) is 0 Å². The lowest BCUT2D eigenvalue weighted by Gasteiger charge is -2.32. The number of nitrogens with zero attached hydrogens (tertiary/aromatic N) is 15. The van der Waals surface area contributed by atoms with Gasteiger partial charge in [0.05, 0.1) is 58.1 Å². The second-order valence-corrected chi connectivity index (χ2v) is 28.5. The van der Waals surface area contributed by atoms with Gasteiger partial charge in [0.15, 0.2) is 16.9 Å². The Hall–Kier alpha value is -13.2. The molecule has 115 heavy (non-hydrogen) atoms. The third-order valence-electron chi connectivity index (χ3n) is 20.7. The van der Waals surface area contributed by atoms with E-state index in [0.29, 0.717) is 106 Å². The number of nitrogens with one attached hydrogen (secondary N) is 3. The fourth-order valence-electron chi connectivity index (χ4n) is 14.8. The molecule has 4 aliphatic rings. The van der Waals surface area contributed by atoms with Gasteiger partial charge in [-0.25, -0.2) is 52.7 Å².